The number of piperazine rings is 1. The fourth-order valence-electron chi connectivity index (χ4n) is 2.93. The molecule has 0 radical (unpaired) electrons. The third-order valence-corrected chi connectivity index (χ3v) is 4.27. The van der Waals surface area contributed by atoms with Gasteiger partial charge in [0.2, 0.25) is 5.95 Å². The maximum absolute atomic E-state index is 11.0. The second-order valence-electron chi connectivity index (χ2n) is 5.93. The molecular weight excluding hydrogens is 320 g/mol. The third kappa shape index (κ3) is 4.63. The smallest absolute Gasteiger partial charge is 0.292 e. The van der Waals surface area contributed by atoms with E-state index in [1.54, 1.807) is 30.6 Å². The van der Waals surface area contributed by atoms with Crippen LogP contribution in [-0.4, -0.2) is 59.1 Å². The zero-order valence-electron chi connectivity index (χ0n) is 14.0. The number of hydrogen-bond donors (Lipinski definition) is 1. The van der Waals surface area contributed by atoms with Crippen molar-refractivity contribution in [3.63, 3.8) is 0 Å². The van der Waals surface area contributed by atoms with Crippen molar-refractivity contribution in [1.82, 2.24) is 14.9 Å². The molecule has 8 nitrogen and oxygen atoms in total. The molecule has 1 saturated heterocycles. The van der Waals surface area contributed by atoms with Crippen LogP contribution in [0, 0.1) is 10.1 Å². The first-order valence-electron chi connectivity index (χ1n) is 8.45. The number of anilines is 2. The zero-order valence-corrected chi connectivity index (χ0v) is 14.0. The summed E-state index contributed by atoms with van der Waals surface area (Å²) in [5.74, 6) is 0.792. The average Bonchev–Trinajstić information content (AvgIpc) is 2.66. The number of nitro benzene ring substituents is 1. The molecule has 2 heterocycles. The highest BCUT2D eigenvalue weighted by atomic mass is 16.6. The van der Waals surface area contributed by atoms with Crippen LogP contribution in [0.4, 0.5) is 17.3 Å². The average molecular weight is 342 g/mol. The van der Waals surface area contributed by atoms with E-state index < -0.39 is 0 Å². The van der Waals surface area contributed by atoms with Crippen LogP contribution in [0.15, 0.2) is 42.7 Å². The van der Waals surface area contributed by atoms with Gasteiger partial charge in [-0.25, -0.2) is 9.97 Å². The first-order valence-corrected chi connectivity index (χ1v) is 8.45. The van der Waals surface area contributed by atoms with Crippen LogP contribution in [0.5, 0.6) is 0 Å². The summed E-state index contributed by atoms with van der Waals surface area (Å²) in [5, 5.41) is 14.2. The van der Waals surface area contributed by atoms with E-state index in [4.69, 9.17) is 0 Å². The van der Waals surface area contributed by atoms with Gasteiger partial charge >= 0.3 is 0 Å². The Hall–Kier alpha value is -2.74. The summed E-state index contributed by atoms with van der Waals surface area (Å²) in [6, 6.07) is 8.58. The topological polar surface area (TPSA) is 87.4 Å². The number of nitrogens with one attached hydrogen (secondary N) is 1. The Kier molecular flexibility index (Phi) is 5.73. The van der Waals surface area contributed by atoms with Gasteiger partial charge in [-0.1, -0.05) is 12.1 Å². The predicted octanol–water partition coefficient (Wildman–Crippen LogP) is 2.01. The molecule has 1 aliphatic rings. The lowest BCUT2D eigenvalue weighted by Gasteiger charge is -2.34. The molecule has 132 valence electrons. The molecule has 0 spiro atoms. The molecule has 1 aliphatic heterocycles. The molecule has 0 unspecified atom stereocenters. The van der Waals surface area contributed by atoms with Crippen molar-refractivity contribution in [1.29, 1.82) is 0 Å². The van der Waals surface area contributed by atoms with E-state index in [2.05, 4.69) is 25.1 Å². The van der Waals surface area contributed by atoms with Crippen molar-refractivity contribution in [3.8, 4) is 0 Å². The molecule has 1 aromatic carbocycles. The van der Waals surface area contributed by atoms with Gasteiger partial charge in [0, 0.05) is 51.2 Å². The van der Waals surface area contributed by atoms with E-state index in [-0.39, 0.29) is 10.6 Å². The predicted molar refractivity (Wildman–Crippen MR) is 96.9 cm³/mol. The maximum Gasteiger partial charge on any atom is 0.292 e. The van der Waals surface area contributed by atoms with Crippen molar-refractivity contribution in [2.24, 2.45) is 0 Å². The number of benzene rings is 1. The first kappa shape index (κ1) is 17.1. The van der Waals surface area contributed by atoms with Gasteiger partial charge in [-0.2, -0.15) is 0 Å². The lowest BCUT2D eigenvalue weighted by molar-refractivity contribution is -0.384. The summed E-state index contributed by atoms with van der Waals surface area (Å²) < 4.78 is 0. The molecule has 1 aromatic heterocycles. The molecule has 3 rings (SSSR count). The Bertz CT molecular complexity index is 689. The van der Waals surface area contributed by atoms with Crippen molar-refractivity contribution in [2.75, 3.05) is 49.5 Å². The minimum Gasteiger partial charge on any atom is -0.379 e. The molecule has 1 N–H and O–H groups in total. The number of hydrogen-bond acceptors (Lipinski definition) is 7. The van der Waals surface area contributed by atoms with Crippen molar-refractivity contribution < 1.29 is 4.92 Å². The van der Waals surface area contributed by atoms with Gasteiger partial charge in [0.1, 0.15) is 5.69 Å². The van der Waals surface area contributed by atoms with Crippen molar-refractivity contribution in [2.45, 2.75) is 6.42 Å². The van der Waals surface area contributed by atoms with Crippen LogP contribution in [0.2, 0.25) is 0 Å². The van der Waals surface area contributed by atoms with Gasteiger partial charge < -0.3 is 10.2 Å². The Morgan fingerprint density at radius 3 is 2.52 bits per heavy atom. The van der Waals surface area contributed by atoms with Gasteiger partial charge in [-0.05, 0) is 25.1 Å². The largest absolute Gasteiger partial charge is 0.379 e. The van der Waals surface area contributed by atoms with Gasteiger partial charge in [0.05, 0.1) is 4.92 Å². The lowest BCUT2D eigenvalue weighted by atomic mass is 10.2. The van der Waals surface area contributed by atoms with E-state index in [1.165, 1.54) is 6.07 Å². The summed E-state index contributed by atoms with van der Waals surface area (Å²) in [6.45, 7) is 5.47. The van der Waals surface area contributed by atoms with Crippen LogP contribution in [0.3, 0.4) is 0 Å². The molecule has 1 fully saturated rings. The molecule has 0 bridgehead atoms. The van der Waals surface area contributed by atoms with E-state index in [9.17, 15) is 10.1 Å². The van der Waals surface area contributed by atoms with Gasteiger partial charge in [0.15, 0.2) is 0 Å². The number of aromatic nitrogens is 2. The normalized spacial score (nSPS) is 15.1. The van der Waals surface area contributed by atoms with Crippen molar-refractivity contribution in [3.05, 3.63) is 52.8 Å². The first-order chi connectivity index (χ1) is 12.2. The standard InChI is InChI=1S/C17H22N6O2/c24-23(25)16-6-2-1-5-15(16)18-9-4-10-21-11-13-22(14-12-21)17-19-7-3-8-20-17/h1-3,5-8,18H,4,9-14H2. The maximum atomic E-state index is 11.0. The molecule has 0 aliphatic carbocycles. The number of para-hydroxylation sites is 2. The molecule has 0 amide bonds. The molecular formula is C17H22N6O2. The number of nitro groups is 1. The van der Waals surface area contributed by atoms with E-state index in [1.807, 2.05) is 6.07 Å². The number of nitrogens with zero attached hydrogens (tertiary/aromatic N) is 5. The van der Waals surface area contributed by atoms with Crippen molar-refractivity contribution >= 4 is 17.3 Å². The van der Waals surface area contributed by atoms with Crippen LogP contribution < -0.4 is 10.2 Å². The fourth-order valence-corrected chi connectivity index (χ4v) is 2.93. The Morgan fingerprint density at radius 1 is 1.08 bits per heavy atom. The van der Waals surface area contributed by atoms with Crippen LogP contribution >= 0.6 is 0 Å². The third-order valence-electron chi connectivity index (χ3n) is 4.27. The molecule has 0 atom stereocenters. The minimum atomic E-state index is -0.354. The highest BCUT2D eigenvalue weighted by molar-refractivity contribution is 5.60. The van der Waals surface area contributed by atoms with E-state index >= 15 is 0 Å². The zero-order chi connectivity index (χ0) is 17.5. The minimum absolute atomic E-state index is 0.124. The summed E-state index contributed by atoms with van der Waals surface area (Å²) >= 11 is 0. The lowest BCUT2D eigenvalue weighted by Crippen LogP contribution is -2.47. The van der Waals surface area contributed by atoms with Crippen LogP contribution in [0.1, 0.15) is 6.42 Å². The Morgan fingerprint density at radius 2 is 1.80 bits per heavy atom. The number of rotatable bonds is 7. The summed E-state index contributed by atoms with van der Waals surface area (Å²) in [6.07, 6.45) is 4.47. The summed E-state index contributed by atoms with van der Waals surface area (Å²) in [5.41, 5.74) is 0.706. The summed E-state index contributed by atoms with van der Waals surface area (Å²) in [4.78, 5) is 23.8. The SMILES string of the molecule is O=[N+]([O-])c1ccccc1NCCCN1CCN(c2ncccn2)CC1. The van der Waals surface area contributed by atoms with Gasteiger partial charge in [-0.3, -0.25) is 15.0 Å². The highest BCUT2D eigenvalue weighted by Crippen LogP contribution is 2.22. The highest BCUT2D eigenvalue weighted by Gasteiger charge is 2.18. The van der Waals surface area contributed by atoms with Crippen LogP contribution in [-0.2, 0) is 0 Å². The molecule has 8 heteroatoms. The van der Waals surface area contributed by atoms with Gasteiger partial charge in [0.25, 0.3) is 5.69 Å². The van der Waals surface area contributed by atoms with E-state index in [0.717, 1.165) is 45.1 Å². The molecule has 0 saturated carbocycles. The van der Waals surface area contributed by atoms with E-state index in [0.29, 0.717) is 12.2 Å². The Labute approximate surface area is 146 Å². The van der Waals surface area contributed by atoms with Crippen LogP contribution in [0.25, 0.3) is 0 Å². The Balaban J connectivity index is 1.39. The monoisotopic (exact) mass is 342 g/mol. The molecule has 25 heavy (non-hydrogen) atoms. The summed E-state index contributed by atoms with van der Waals surface area (Å²) in [7, 11) is 0. The fraction of sp³-hybridized carbons (Fsp3) is 0.412. The second-order valence-corrected chi connectivity index (χ2v) is 5.93. The molecule has 2 aromatic rings. The quantitative estimate of drug-likeness (QED) is 0.468. The second kappa shape index (κ2) is 8.39. The van der Waals surface area contributed by atoms with Gasteiger partial charge in [-0.15, -0.1) is 0 Å².